The summed E-state index contributed by atoms with van der Waals surface area (Å²) in [5.41, 5.74) is 0.141. The average molecular weight is 250 g/mol. The molecule has 0 aromatic carbocycles. The third-order valence-corrected chi connectivity index (χ3v) is 2.99. The SMILES string of the molecule is CN(CCOCC1CC1)C(=O)c1cc[nH]c(=O)c1. The molecule has 0 atom stereocenters. The molecular weight excluding hydrogens is 232 g/mol. The van der Waals surface area contributed by atoms with Crippen molar-refractivity contribution in [3.8, 4) is 0 Å². The fourth-order valence-corrected chi connectivity index (χ4v) is 1.64. The number of aromatic amines is 1. The van der Waals surface area contributed by atoms with Crippen molar-refractivity contribution in [3.63, 3.8) is 0 Å². The summed E-state index contributed by atoms with van der Waals surface area (Å²) in [7, 11) is 1.71. The second-order valence-corrected chi connectivity index (χ2v) is 4.69. The van der Waals surface area contributed by atoms with E-state index in [1.165, 1.54) is 25.1 Å². The standard InChI is InChI=1S/C13H18N2O3/c1-15(6-7-18-9-10-2-3-10)13(17)11-4-5-14-12(16)8-11/h4-5,8,10H,2-3,6-7,9H2,1H3,(H,14,16). The largest absolute Gasteiger partial charge is 0.379 e. The van der Waals surface area contributed by atoms with Crippen LogP contribution in [0, 0.1) is 5.92 Å². The molecule has 1 aliphatic carbocycles. The van der Waals surface area contributed by atoms with Crippen LogP contribution in [0.3, 0.4) is 0 Å². The van der Waals surface area contributed by atoms with Crippen LogP contribution in [0.5, 0.6) is 0 Å². The van der Waals surface area contributed by atoms with E-state index in [0.29, 0.717) is 18.7 Å². The molecular formula is C13H18N2O3. The Labute approximate surface area is 106 Å². The van der Waals surface area contributed by atoms with E-state index in [9.17, 15) is 9.59 Å². The lowest BCUT2D eigenvalue weighted by atomic mass is 10.2. The van der Waals surface area contributed by atoms with Gasteiger partial charge >= 0.3 is 0 Å². The van der Waals surface area contributed by atoms with E-state index in [0.717, 1.165) is 12.5 Å². The summed E-state index contributed by atoms with van der Waals surface area (Å²) < 4.78 is 5.48. The van der Waals surface area contributed by atoms with Crippen molar-refractivity contribution in [2.45, 2.75) is 12.8 Å². The Morgan fingerprint density at radius 2 is 2.33 bits per heavy atom. The molecule has 2 rings (SSSR count). The van der Waals surface area contributed by atoms with Crippen molar-refractivity contribution in [2.75, 3.05) is 26.8 Å². The third kappa shape index (κ3) is 3.70. The molecule has 5 heteroatoms. The number of pyridine rings is 1. The quantitative estimate of drug-likeness (QED) is 0.762. The van der Waals surface area contributed by atoms with Crippen LogP contribution in [0.15, 0.2) is 23.1 Å². The highest BCUT2D eigenvalue weighted by molar-refractivity contribution is 5.93. The van der Waals surface area contributed by atoms with E-state index in [1.807, 2.05) is 0 Å². The van der Waals surface area contributed by atoms with Crippen LogP contribution in [0.1, 0.15) is 23.2 Å². The highest BCUT2D eigenvalue weighted by atomic mass is 16.5. The minimum atomic E-state index is -0.265. The van der Waals surface area contributed by atoms with Gasteiger partial charge < -0.3 is 14.6 Å². The summed E-state index contributed by atoms with van der Waals surface area (Å²) in [6.45, 7) is 1.88. The monoisotopic (exact) mass is 250 g/mol. The molecule has 1 aromatic heterocycles. The predicted molar refractivity (Wildman–Crippen MR) is 67.6 cm³/mol. The molecule has 1 amide bonds. The minimum Gasteiger partial charge on any atom is -0.379 e. The van der Waals surface area contributed by atoms with Gasteiger partial charge in [0.2, 0.25) is 5.56 Å². The second-order valence-electron chi connectivity index (χ2n) is 4.69. The van der Waals surface area contributed by atoms with E-state index in [2.05, 4.69) is 4.98 Å². The summed E-state index contributed by atoms with van der Waals surface area (Å²) >= 11 is 0. The van der Waals surface area contributed by atoms with Gasteiger partial charge in [0.1, 0.15) is 0 Å². The Morgan fingerprint density at radius 1 is 1.56 bits per heavy atom. The number of H-pyrrole nitrogens is 1. The van der Waals surface area contributed by atoms with Crippen molar-refractivity contribution < 1.29 is 9.53 Å². The topological polar surface area (TPSA) is 62.4 Å². The highest BCUT2D eigenvalue weighted by Crippen LogP contribution is 2.28. The Bertz CT molecular complexity index is 465. The smallest absolute Gasteiger partial charge is 0.253 e. The van der Waals surface area contributed by atoms with E-state index in [4.69, 9.17) is 4.74 Å². The number of carbonyl (C=O) groups excluding carboxylic acids is 1. The number of aromatic nitrogens is 1. The summed E-state index contributed by atoms with van der Waals surface area (Å²) in [4.78, 5) is 27.1. The molecule has 1 saturated carbocycles. The van der Waals surface area contributed by atoms with E-state index >= 15 is 0 Å². The summed E-state index contributed by atoms with van der Waals surface area (Å²) in [5.74, 6) is 0.579. The van der Waals surface area contributed by atoms with Gasteiger partial charge in [0.05, 0.1) is 6.61 Å². The number of ether oxygens (including phenoxy) is 1. The van der Waals surface area contributed by atoms with E-state index < -0.39 is 0 Å². The van der Waals surface area contributed by atoms with Gasteiger partial charge in [-0.2, -0.15) is 0 Å². The van der Waals surface area contributed by atoms with E-state index in [-0.39, 0.29) is 11.5 Å². The number of amides is 1. The van der Waals surface area contributed by atoms with Gasteiger partial charge in [-0.15, -0.1) is 0 Å². The summed E-state index contributed by atoms with van der Waals surface area (Å²) in [6.07, 6.45) is 4.01. The fourth-order valence-electron chi connectivity index (χ4n) is 1.64. The maximum absolute atomic E-state index is 12.0. The lowest BCUT2D eigenvalue weighted by Gasteiger charge is -2.16. The highest BCUT2D eigenvalue weighted by Gasteiger charge is 2.21. The van der Waals surface area contributed by atoms with Crippen LogP contribution in [0.25, 0.3) is 0 Å². The zero-order chi connectivity index (χ0) is 13.0. The number of carbonyl (C=O) groups is 1. The van der Waals surface area contributed by atoms with Gasteiger partial charge in [0.25, 0.3) is 5.91 Å². The molecule has 0 saturated heterocycles. The molecule has 1 heterocycles. The van der Waals surface area contributed by atoms with Crippen LogP contribution < -0.4 is 5.56 Å². The normalized spacial score (nSPS) is 14.5. The fraction of sp³-hybridized carbons (Fsp3) is 0.538. The van der Waals surface area contributed by atoms with Gasteiger partial charge in [-0.1, -0.05) is 0 Å². The van der Waals surface area contributed by atoms with Gasteiger partial charge in [0, 0.05) is 38.0 Å². The van der Waals surface area contributed by atoms with Crippen LogP contribution in [0.4, 0.5) is 0 Å². The molecule has 0 spiro atoms. The number of rotatable bonds is 6. The number of hydrogen-bond donors (Lipinski definition) is 1. The van der Waals surface area contributed by atoms with Crippen LogP contribution in [-0.4, -0.2) is 42.6 Å². The molecule has 0 bridgehead atoms. The maximum Gasteiger partial charge on any atom is 0.253 e. The van der Waals surface area contributed by atoms with Gasteiger partial charge in [-0.25, -0.2) is 0 Å². The summed E-state index contributed by atoms with van der Waals surface area (Å²) in [5, 5.41) is 0. The van der Waals surface area contributed by atoms with Crippen molar-refractivity contribution in [1.29, 1.82) is 0 Å². The van der Waals surface area contributed by atoms with Gasteiger partial charge in [0.15, 0.2) is 0 Å². The average Bonchev–Trinajstić information content (AvgIpc) is 3.17. The van der Waals surface area contributed by atoms with Gasteiger partial charge in [-0.05, 0) is 24.8 Å². The number of nitrogens with one attached hydrogen (secondary N) is 1. The number of nitrogens with zero attached hydrogens (tertiary/aromatic N) is 1. The molecule has 1 N–H and O–H groups in total. The van der Waals surface area contributed by atoms with Crippen molar-refractivity contribution in [2.24, 2.45) is 5.92 Å². The zero-order valence-corrected chi connectivity index (χ0v) is 10.5. The maximum atomic E-state index is 12.0. The first-order valence-corrected chi connectivity index (χ1v) is 6.19. The first kappa shape index (κ1) is 12.8. The molecule has 5 nitrogen and oxygen atoms in total. The molecule has 0 aliphatic heterocycles. The Morgan fingerprint density at radius 3 is 3.00 bits per heavy atom. The molecule has 0 radical (unpaired) electrons. The zero-order valence-electron chi connectivity index (χ0n) is 10.5. The molecule has 1 fully saturated rings. The van der Waals surface area contributed by atoms with Crippen LogP contribution >= 0.6 is 0 Å². The lowest BCUT2D eigenvalue weighted by Crippen LogP contribution is -2.31. The minimum absolute atomic E-state index is 0.156. The van der Waals surface area contributed by atoms with Crippen LogP contribution in [0.2, 0.25) is 0 Å². The van der Waals surface area contributed by atoms with Crippen molar-refractivity contribution in [3.05, 3.63) is 34.2 Å². The molecule has 1 aliphatic rings. The van der Waals surface area contributed by atoms with Crippen molar-refractivity contribution in [1.82, 2.24) is 9.88 Å². The third-order valence-electron chi connectivity index (χ3n) is 2.99. The first-order valence-electron chi connectivity index (χ1n) is 6.19. The molecule has 18 heavy (non-hydrogen) atoms. The van der Waals surface area contributed by atoms with Crippen molar-refractivity contribution >= 4 is 5.91 Å². The Kier molecular flexibility index (Phi) is 4.15. The van der Waals surface area contributed by atoms with Gasteiger partial charge in [-0.3, -0.25) is 9.59 Å². The molecule has 98 valence electrons. The number of hydrogen-bond acceptors (Lipinski definition) is 3. The Hall–Kier alpha value is -1.62. The lowest BCUT2D eigenvalue weighted by molar-refractivity contribution is 0.0681. The number of likely N-dealkylation sites (N-methyl/N-ethyl adjacent to an activating group) is 1. The Balaban J connectivity index is 1.78. The molecule has 1 aromatic rings. The summed E-state index contributed by atoms with van der Waals surface area (Å²) in [6, 6.07) is 2.91. The van der Waals surface area contributed by atoms with Crippen LogP contribution in [-0.2, 0) is 4.74 Å². The first-order chi connectivity index (χ1) is 8.66. The second kappa shape index (κ2) is 5.82. The van der Waals surface area contributed by atoms with E-state index in [1.54, 1.807) is 18.0 Å². The predicted octanol–water partition coefficient (Wildman–Crippen LogP) is 0.874. The molecule has 0 unspecified atom stereocenters.